The third kappa shape index (κ3) is 21.0. The van der Waals surface area contributed by atoms with Crippen LogP contribution in [-0.4, -0.2) is 163 Å². The standard InChI is InChI=1S/C50H68N10O17/c1-24(2)17-32(56-46(72)33(18-27-11-7-6-8-12-27)54-37(62)23-53-44(70)35(20-39(65)66)55-43(69)30(51)15-16-38(63)64)45(71)57-36(21-40(67)68)48(74)59-41(25(3)4)49(75)58-34(47(73)60-42(26(5)61)50(76)77)19-28-22-52-31-14-10-9-13-29(28)31/h6-14,22,24-26,30,32-36,41-42,52,61H,15-21,23,51H2,1-5H3,(H,53,70)(H,54,62)(H,55,69)(H,56,72)(H,57,71)(H,58,75)(H,59,74)(H,60,73)(H,63,64)(H,65,66)(H,67,68)(H,76,77)/t26-,30+,32+,33+,34+,35+,36+,41+,42+/m1/s1. The molecule has 16 N–H and O–H groups in total. The van der Waals surface area contributed by atoms with Crippen molar-refractivity contribution in [3.8, 4) is 0 Å². The highest BCUT2D eigenvalue weighted by molar-refractivity contribution is 5.99. The van der Waals surface area contributed by atoms with E-state index < -0.39 is 157 Å². The Bertz CT molecular complexity index is 2610. The number of nitrogens with two attached hydrogens (primary N) is 1. The van der Waals surface area contributed by atoms with Crippen LogP contribution < -0.4 is 48.3 Å². The van der Waals surface area contributed by atoms with Gasteiger partial charge < -0.3 is 78.8 Å². The molecule has 0 radical (unpaired) electrons. The average molecular weight is 1080 g/mol. The first-order chi connectivity index (χ1) is 36.2. The van der Waals surface area contributed by atoms with Gasteiger partial charge in [0.1, 0.15) is 36.3 Å². The Hall–Kier alpha value is -8.46. The second kappa shape index (κ2) is 30.2. The number of carboxylic acid groups (broad SMARTS) is 4. The monoisotopic (exact) mass is 1080 g/mol. The number of carboxylic acids is 4. The van der Waals surface area contributed by atoms with Crippen molar-refractivity contribution < 1.29 is 83.1 Å². The van der Waals surface area contributed by atoms with Gasteiger partial charge in [0.15, 0.2) is 6.04 Å². The third-order valence-electron chi connectivity index (χ3n) is 11.8. The fourth-order valence-corrected chi connectivity index (χ4v) is 7.72. The van der Waals surface area contributed by atoms with Gasteiger partial charge in [-0.2, -0.15) is 0 Å². The van der Waals surface area contributed by atoms with Crippen LogP contribution >= 0.6 is 0 Å². The molecule has 0 spiro atoms. The molecule has 0 aliphatic heterocycles. The van der Waals surface area contributed by atoms with Gasteiger partial charge in [-0.15, -0.1) is 0 Å². The number of aromatic amines is 1. The van der Waals surface area contributed by atoms with Crippen LogP contribution in [0.4, 0.5) is 0 Å². The molecule has 77 heavy (non-hydrogen) atoms. The van der Waals surface area contributed by atoms with Crippen molar-refractivity contribution >= 4 is 82.0 Å². The first-order valence-electron chi connectivity index (χ1n) is 24.5. The fraction of sp³-hybridized carbons (Fsp3) is 0.480. The van der Waals surface area contributed by atoms with E-state index in [0.29, 0.717) is 22.0 Å². The minimum atomic E-state index is -1.88. The number of aliphatic hydroxyl groups excluding tert-OH is 1. The molecule has 0 aliphatic rings. The van der Waals surface area contributed by atoms with E-state index >= 15 is 0 Å². The number of aliphatic carboxylic acids is 4. The van der Waals surface area contributed by atoms with Gasteiger partial charge in [0.05, 0.1) is 31.5 Å². The van der Waals surface area contributed by atoms with E-state index in [1.165, 1.54) is 13.8 Å². The number of fused-ring (bicyclic) bond motifs is 1. The number of amides is 8. The molecule has 1 aromatic heterocycles. The number of aromatic nitrogens is 1. The molecular formula is C50H68N10O17. The first kappa shape index (κ1) is 62.8. The summed E-state index contributed by atoms with van der Waals surface area (Å²) < 4.78 is 0. The lowest BCUT2D eigenvalue weighted by Gasteiger charge is -2.29. The summed E-state index contributed by atoms with van der Waals surface area (Å²) in [6, 6.07) is 2.42. The molecule has 3 rings (SSSR count). The van der Waals surface area contributed by atoms with E-state index in [9.17, 15) is 78.0 Å². The van der Waals surface area contributed by atoms with Crippen molar-refractivity contribution in [2.75, 3.05) is 6.54 Å². The SMILES string of the molecule is CC(C)C[C@H](NC(=O)[C@H](Cc1ccccc1)NC(=O)CNC(=O)[C@H](CC(=O)O)NC(=O)[C@@H](N)CCC(=O)O)C(=O)N[C@@H](CC(=O)O)C(=O)N[C@H](C(=O)N[C@@H](Cc1c[nH]c2ccccc12)C(=O)N[C@H](C(=O)O)[C@@H](C)O)C(C)C. The highest BCUT2D eigenvalue weighted by Gasteiger charge is 2.37. The van der Waals surface area contributed by atoms with E-state index in [0.717, 1.165) is 6.92 Å². The van der Waals surface area contributed by atoms with E-state index in [4.69, 9.17) is 10.8 Å². The largest absolute Gasteiger partial charge is 0.481 e. The van der Waals surface area contributed by atoms with Crippen molar-refractivity contribution in [3.63, 3.8) is 0 Å². The highest BCUT2D eigenvalue weighted by atomic mass is 16.4. The molecule has 0 bridgehead atoms. The van der Waals surface area contributed by atoms with Gasteiger partial charge in [-0.1, -0.05) is 76.2 Å². The molecule has 420 valence electrons. The molecule has 0 saturated heterocycles. The summed E-state index contributed by atoms with van der Waals surface area (Å²) in [5.41, 5.74) is 7.43. The second-order valence-electron chi connectivity index (χ2n) is 19.0. The summed E-state index contributed by atoms with van der Waals surface area (Å²) in [7, 11) is 0. The Morgan fingerprint density at radius 1 is 0.545 bits per heavy atom. The Labute approximate surface area is 441 Å². The summed E-state index contributed by atoms with van der Waals surface area (Å²) in [5, 5.41) is 67.4. The van der Waals surface area contributed by atoms with Gasteiger partial charge in [0.25, 0.3) is 0 Å². The zero-order chi connectivity index (χ0) is 57.7. The van der Waals surface area contributed by atoms with Crippen LogP contribution in [0.5, 0.6) is 0 Å². The molecule has 3 aromatic rings. The van der Waals surface area contributed by atoms with Crippen LogP contribution in [0.3, 0.4) is 0 Å². The van der Waals surface area contributed by atoms with E-state index in [1.54, 1.807) is 74.6 Å². The number of rotatable bonds is 32. The van der Waals surface area contributed by atoms with Crippen LogP contribution in [0.15, 0.2) is 60.8 Å². The lowest BCUT2D eigenvalue weighted by atomic mass is 9.99. The summed E-state index contributed by atoms with van der Waals surface area (Å²) in [6.45, 7) is 6.70. The molecule has 0 saturated carbocycles. The van der Waals surface area contributed by atoms with Crippen molar-refractivity contribution in [2.24, 2.45) is 17.6 Å². The number of H-pyrrole nitrogens is 1. The zero-order valence-corrected chi connectivity index (χ0v) is 43.0. The minimum Gasteiger partial charge on any atom is -0.481 e. The Morgan fingerprint density at radius 2 is 1.05 bits per heavy atom. The van der Waals surface area contributed by atoms with Gasteiger partial charge in [-0.25, -0.2) is 4.79 Å². The number of carbonyl (C=O) groups is 12. The predicted octanol–water partition coefficient (Wildman–Crippen LogP) is -2.23. The number of benzene rings is 2. The molecule has 0 fully saturated rings. The van der Waals surface area contributed by atoms with Gasteiger partial charge in [0.2, 0.25) is 47.3 Å². The van der Waals surface area contributed by atoms with Gasteiger partial charge in [-0.05, 0) is 48.8 Å². The molecular weight excluding hydrogens is 1010 g/mol. The summed E-state index contributed by atoms with van der Waals surface area (Å²) in [5.74, 6) is -15.3. The maximum atomic E-state index is 14.1. The average Bonchev–Trinajstić information content (AvgIpc) is 3.76. The van der Waals surface area contributed by atoms with E-state index in [2.05, 4.69) is 47.5 Å². The zero-order valence-electron chi connectivity index (χ0n) is 43.0. The number of hydrogen-bond donors (Lipinski definition) is 15. The van der Waals surface area contributed by atoms with Crippen molar-refractivity contribution in [1.29, 1.82) is 0 Å². The van der Waals surface area contributed by atoms with Crippen LogP contribution in [0, 0.1) is 11.8 Å². The van der Waals surface area contributed by atoms with Crippen molar-refractivity contribution in [1.82, 2.24) is 47.5 Å². The predicted molar refractivity (Wildman–Crippen MR) is 272 cm³/mol. The highest BCUT2D eigenvalue weighted by Crippen LogP contribution is 2.20. The molecule has 1 heterocycles. The number of para-hydroxylation sites is 1. The third-order valence-corrected chi connectivity index (χ3v) is 11.8. The lowest BCUT2D eigenvalue weighted by molar-refractivity contribution is -0.145. The van der Waals surface area contributed by atoms with Crippen LogP contribution in [0.1, 0.15) is 77.8 Å². The van der Waals surface area contributed by atoms with Crippen molar-refractivity contribution in [2.45, 2.75) is 134 Å². The van der Waals surface area contributed by atoms with Crippen LogP contribution in [0.25, 0.3) is 10.9 Å². The maximum Gasteiger partial charge on any atom is 0.328 e. The normalized spacial score (nSPS) is 14.7. The number of carbonyl (C=O) groups excluding carboxylic acids is 8. The minimum absolute atomic E-state index is 0.105. The van der Waals surface area contributed by atoms with Crippen LogP contribution in [0.2, 0.25) is 0 Å². The summed E-state index contributed by atoms with van der Waals surface area (Å²) in [4.78, 5) is 158. The Balaban J connectivity index is 1.84. The fourth-order valence-electron chi connectivity index (χ4n) is 7.72. The Morgan fingerprint density at radius 3 is 1.62 bits per heavy atom. The quantitative estimate of drug-likeness (QED) is 0.0315. The topological polar surface area (TPSA) is 444 Å². The molecule has 2 aromatic carbocycles. The van der Waals surface area contributed by atoms with Crippen LogP contribution in [-0.2, 0) is 70.4 Å². The second-order valence-corrected chi connectivity index (χ2v) is 19.0. The van der Waals surface area contributed by atoms with Gasteiger partial charge in [-0.3, -0.25) is 52.7 Å². The maximum absolute atomic E-state index is 14.1. The molecule has 9 atom stereocenters. The molecule has 27 heteroatoms. The summed E-state index contributed by atoms with van der Waals surface area (Å²) in [6.07, 6.45) is -3.28. The first-order valence-corrected chi connectivity index (χ1v) is 24.5. The van der Waals surface area contributed by atoms with Gasteiger partial charge >= 0.3 is 23.9 Å². The number of hydrogen-bond acceptors (Lipinski definition) is 14. The summed E-state index contributed by atoms with van der Waals surface area (Å²) >= 11 is 0. The molecule has 8 amide bonds. The molecule has 27 nitrogen and oxygen atoms in total. The smallest absolute Gasteiger partial charge is 0.328 e. The Kier molecular flexibility index (Phi) is 24.6. The number of nitrogens with one attached hydrogen (secondary N) is 9. The van der Waals surface area contributed by atoms with E-state index in [1.807, 2.05) is 0 Å². The lowest BCUT2D eigenvalue weighted by Crippen LogP contribution is -2.61. The number of aliphatic hydroxyl groups is 1. The molecule has 0 aliphatic carbocycles. The van der Waals surface area contributed by atoms with E-state index in [-0.39, 0.29) is 31.6 Å². The molecule has 0 unspecified atom stereocenters. The van der Waals surface area contributed by atoms with Gasteiger partial charge in [0, 0.05) is 36.4 Å². The van der Waals surface area contributed by atoms with Crippen molar-refractivity contribution in [3.05, 3.63) is 71.9 Å².